The fourth-order valence-corrected chi connectivity index (χ4v) is 1.97. The van der Waals surface area contributed by atoms with Crippen molar-refractivity contribution >= 4 is 17.3 Å². The van der Waals surface area contributed by atoms with E-state index in [4.69, 9.17) is 16.3 Å². The summed E-state index contributed by atoms with van der Waals surface area (Å²) < 4.78 is 42.2. The molecule has 0 aliphatic heterocycles. The Morgan fingerprint density at radius 1 is 1.24 bits per heavy atom. The van der Waals surface area contributed by atoms with Crippen molar-refractivity contribution in [2.75, 3.05) is 12.4 Å². The largest absolute Gasteiger partial charge is 0.495 e. The fraction of sp³-hybridized carbons (Fsp3) is 0.214. The molecular formula is C14H12ClF3N2O. The Morgan fingerprint density at radius 2 is 2.00 bits per heavy atom. The van der Waals surface area contributed by atoms with Gasteiger partial charge in [0.25, 0.3) is 0 Å². The summed E-state index contributed by atoms with van der Waals surface area (Å²) in [6.45, 7) is 0.413. The van der Waals surface area contributed by atoms with Crippen molar-refractivity contribution in [3.8, 4) is 5.75 Å². The van der Waals surface area contributed by atoms with Crippen LogP contribution in [-0.4, -0.2) is 12.1 Å². The van der Waals surface area contributed by atoms with E-state index in [9.17, 15) is 13.2 Å². The number of hydrogen-bond donors (Lipinski definition) is 1. The van der Waals surface area contributed by atoms with E-state index in [0.717, 1.165) is 17.8 Å². The number of hydrogen-bond acceptors (Lipinski definition) is 3. The molecule has 1 heterocycles. The molecule has 112 valence electrons. The standard InChI is InChI=1S/C14H12ClF3N2O/c1-21-12-4-2-9(6-11(12)15)7-19-10-3-5-13(20-8-10)14(16,17)18/h2-6,8,19H,7H2,1H3. The van der Waals surface area contributed by atoms with Gasteiger partial charge in [0.2, 0.25) is 0 Å². The highest BCUT2D eigenvalue weighted by atomic mass is 35.5. The first-order chi connectivity index (χ1) is 9.90. The number of benzene rings is 1. The van der Waals surface area contributed by atoms with Crippen molar-refractivity contribution < 1.29 is 17.9 Å². The Morgan fingerprint density at radius 3 is 2.52 bits per heavy atom. The first kappa shape index (κ1) is 15.4. The van der Waals surface area contributed by atoms with Crippen LogP contribution in [0.3, 0.4) is 0 Å². The highest BCUT2D eigenvalue weighted by Crippen LogP contribution is 2.28. The van der Waals surface area contributed by atoms with E-state index in [1.807, 2.05) is 6.07 Å². The number of aromatic nitrogens is 1. The van der Waals surface area contributed by atoms with Crippen LogP contribution in [0.15, 0.2) is 36.5 Å². The number of pyridine rings is 1. The van der Waals surface area contributed by atoms with Crippen molar-refractivity contribution in [3.05, 3.63) is 52.8 Å². The van der Waals surface area contributed by atoms with Crippen LogP contribution < -0.4 is 10.1 Å². The van der Waals surface area contributed by atoms with Crippen LogP contribution in [0.25, 0.3) is 0 Å². The van der Waals surface area contributed by atoms with Gasteiger partial charge in [-0.2, -0.15) is 13.2 Å². The predicted octanol–water partition coefficient (Wildman–Crippen LogP) is 4.37. The van der Waals surface area contributed by atoms with Gasteiger partial charge in [0, 0.05) is 6.54 Å². The quantitative estimate of drug-likeness (QED) is 0.909. The number of anilines is 1. The highest BCUT2D eigenvalue weighted by molar-refractivity contribution is 6.32. The summed E-state index contributed by atoms with van der Waals surface area (Å²) in [5, 5.41) is 3.45. The first-order valence-electron chi connectivity index (χ1n) is 5.99. The van der Waals surface area contributed by atoms with Crippen LogP contribution in [0, 0.1) is 0 Å². The minimum atomic E-state index is -4.43. The average Bonchev–Trinajstić information content (AvgIpc) is 2.45. The van der Waals surface area contributed by atoms with Gasteiger partial charge in [-0.25, -0.2) is 4.98 Å². The molecule has 2 rings (SSSR count). The molecule has 0 radical (unpaired) electrons. The van der Waals surface area contributed by atoms with Gasteiger partial charge < -0.3 is 10.1 Å². The van der Waals surface area contributed by atoms with E-state index in [1.165, 1.54) is 13.2 Å². The third-order valence-electron chi connectivity index (χ3n) is 2.77. The van der Waals surface area contributed by atoms with Crippen molar-refractivity contribution in [2.24, 2.45) is 0 Å². The Bertz CT molecular complexity index is 615. The lowest BCUT2D eigenvalue weighted by Gasteiger charge is -2.10. The maximum atomic E-state index is 12.4. The Balaban J connectivity index is 2.01. The van der Waals surface area contributed by atoms with Crippen LogP contribution in [0.5, 0.6) is 5.75 Å². The zero-order valence-electron chi connectivity index (χ0n) is 11.0. The van der Waals surface area contributed by atoms with Crippen LogP contribution in [-0.2, 0) is 12.7 Å². The van der Waals surface area contributed by atoms with Gasteiger partial charge in [-0.15, -0.1) is 0 Å². The minimum absolute atomic E-state index is 0.413. The number of nitrogens with zero attached hydrogens (tertiary/aromatic N) is 1. The molecule has 1 N–H and O–H groups in total. The van der Waals surface area contributed by atoms with Gasteiger partial charge in [0.1, 0.15) is 11.4 Å². The van der Waals surface area contributed by atoms with Crippen molar-refractivity contribution in [1.29, 1.82) is 0 Å². The van der Waals surface area contributed by atoms with E-state index < -0.39 is 11.9 Å². The normalized spacial score (nSPS) is 11.3. The summed E-state index contributed by atoms with van der Waals surface area (Å²) in [6, 6.07) is 7.54. The molecule has 1 aromatic carbocycles. The number of alkyl halides is 3. The highest BCUT2D eigenvalue weighted by Gasteiger charge is 2.31. The lowest BCUT2D eigenvalue weighted by Crippen LogP contribution is -2.08. The van der Waals surface area contributed by atoms with Crippen LogP contribution in [0.2, 0.25) is 5.02 Å². The third kappa shape index (κ3) is 4.01. The number of methoxy groups -OCH3 is 1. The van der Waals surface area contributed by atoms with Gasteiger partial charge in [0.05, 0.1) is 24.0 Å². The fourth-order valence-electron chi connectivity index (χ4n) is 1.69. The maximum Gasteiger partial charge on any atom is 0.433 e. The van der Waals surface area contributed by atoms with E-state index in [2.05, 4.69) is 10.3 Å². The van der Waals surface area contributed by atoms with Crippen LogP contribution in [0.4, 0.5) is 18.9 Å². The molecule has 0 aliphatic carbocycles. The topological polar surface area (TPSA) is 34.1 Å². The molecule has 0 unspecified atom stereocenters. The van der Waals surface area contributed by atoms with Crippen molar-refractivity contribution in [3.63, 3.8) is 0 Å². The number of nitrogens with one attached hydrogen (secondary N) is 1. The third-order valence-corrected chi connectivity index (χ3v) is 3.06. The second-order valence-corrected chi connectivity index (χ2v) is 4.66. The van der Waals surface area contributed by atoms with E-state index >= 15 is 0 Å². The number of ether oxygens (including phenoxy) is 1. The summed E-state index contributed by atoms with van der Waals surface area (Å²) in [4.78, 5) is 3.37. The zero-order chi connectivity index (χ0) is 15.5. The Hall–Kier alpha value is -1.95. The molecule has 0 saturated heterocycles. The first-order valence-corrected chi connectivity index (χ1v) is 6.37. The zero-order valence-corrected chi connectivity index (χ0v) is 11.8. The molecule has 0 spiro atoms. The average molecular weight is 317 g/mol. The molecule has 0 bridgehead atoms. The van der Waals surface area contributed by atoms with Gasteiger partial charge in [-0.05, 0) is 29.8 Å². The SMILES string of the molecule is COc1ccc(CNc2ccc(C(F)(F)F)nc2)cc1Cl. The monoisotopic (exact) mass is 316 g/mol. The van der Waals surface area contributed by atoms with E-state index in [0.29, 0.717) is 23.0 Å². The summed E-state index contributed by atoms with van der Waals surface area (Å²) in [7, 11) is 1.52. The Labute approximate surface area is 124 Å². The summed E-state index contributed by atoms with van der Waals surface area (Å²) in [5.41, 5.74) is 0.455. The number of halogens is 4. The molecule has 0 atom stereocenters. The molecule has 21 heavy (non-hydrogen) atoms. The van der Waals surface area contributed by atoms with Gasteiger partial charge in [-0.3, -0.25) is 0 Å². The number of rotatable bonds is 4. The molecule has 0 saturated carbocycles. The summed E-state index contributed by atoms with van der Waals surface area (Å²) in [5.74, 6) is 0.566. The maximum absolute atomic E-state index is 12.4. The lowest BCUT2D eigenvalue weighted by atomic mass is 10.2. The molecule has 1 aromatic heterocycles. The minimum Gasteiger partial charge on any atom is -0.495 e. The predicted molar refractivity (Wildman–Crippen MR) is 74.6 cm³/mol. The smallest absolute Gasteiger partial charge is 0.433 e. The second-order valence-electron chi connectivity index (χ2n) is 4.25. The van der Waals surface area contributed by atoms with Gasteiger partial charge in [-0.1, -0.05) is 17.7 Å². The Kier molecular flexibility index (Phi) is 4.57. The molecule has 0 amide bonds. The summed E-state index contributed by atoms with van der Waals surface area (Å²) in [6.07, 6.45) is -3.28. The van der Waals surface area contributed by atoms with E-state index in [1.54, 1.807) is 12.1 Å². The van der Waals surface area contributed by atoms with Crippen LogP contribution in [0.1, 0.15) is 11.3 Å². The van der Waals surface area contributed by atoms with Gasteiger partial charge >= 0.3 is 6.18 Å². The van der Waals surface area contributed by atoms with Crippen molar-refractivity contribution in [1.82, 2.24) is 4.98 Å². The van der Waals surface area contributed by atoms with E-state index in [-0.39, 0.29) is 0 Å². The molecule has 2 aromatic rings. The van der Waals surface area contributed by atoms with Crippen LogP contribution >= 0.6 is 11.6 Å². The molecule has 0 fully saturated rings. The lowest BCUT2D eigenvalue weighted by molar-refractivity contribution is -0.141. The second kappa shape index (κ2) is 6.22. The van der Waals surface area contributed by atoms with Crippen molar-refractivity contribution in [2.45, 2.75) is 12.7 Å². The van der Waals surface area contributed by atoms with Gasteiger partial charge in [0.15, 0.2) is 0 Å². The summed E-state index contributed by atoms with van der Waals surface area (Å²) >= 11 is 5.99. The molecular weight excluding hydrogens is 305 g/mol. The molecule has 7 heteroatoms. The molecule has 3 nitrogen and oxygen atoms in total. The molecule has 0 aliphatic rings.